The van der Waals surface area contributed by atoms with Crippen LogP contribution >= 0.6 is 0 Å². The number of carboxylic acid groups (broad SMARTS) is 1. The third kappa shape index (κ3) is 3.86. The zero-order chi connectivity index (χ0) is 17.8. The van der Waals surface area contributed by atoms with Crippen molar-refractivity contribution >= 4 is 17.6 Å². The van der Waals surface area contributed by atoms with E-state index in [0.29, 0.717) is 12.3 Å². The van der Waals surface area contributed by atoms with E-state index in [4.69, 9.17) is 4.74 Å². The number of carbonyl (C=O) groups is 2. The predicted molar refractivity (Wildman–Crippen MR) is 92.8 cm³/mol. The molecule has 1 aromatic carbocycles. The highest BCUT2D eigenvalue weighted by molar-refractivity contribution is 5.96. The first-order valence-corrected chi connectivity index (χ1v) is 9.03. The molecule has 1 aromatic rings. The minimum absolute atomic E-state index is 0.00549. The Bertz CT molecular complexity index is 652. The van der Waals surface area contributed by atoms with Crippen LogP contribution in [0, 0.1) is 23.7 Å². The standard InChI is InChI=1S/C20H25NO4/c1-2-3-4-11-25-16-9-7-15(8-10-16)21-19(22)17-13-5-6-14(12-13)18(17)20(23)24/h5-10,13-14,17-18H,2-4,11-12H2,1H3,(H,21,22)(H,23,24)/p-1/t13-,14-,17-,18-/m0/s1. The number of aliphatic carboxylic acids is 1. The molecule has 0 unspecified atom stereocenters. The molecule has 0 heterocycles. The highest BCUT2D eigenvalue weighted by Crippen LogP contribution is 2.48. The van der Waals surface area contributed by atoms with Crippen LogP contribution < -0.4 is 15.2 Å². The number of amides is 1. The van der Waals surface area contributed by atoms with Crippen LogP contribution in [0.4, 0.5) is 5.69 Å². The van der Waals surface area contributed by atoms with Gasteiger partial charge in [-0.2, -0.15) is 0 Å². The predicted octanol–water partition coefficient (Wildman–Crippen LogP) is 2.38. The van der Waals surface area contributed by atoms with E-state index in [-0.39, 0.29) is 17.7 Å². The largest absolute Gasteiger partial charge is 0.550 e. The van der Waals surface area contributed by atoms with Crippen LogP contribution in [0.3, 0.4) is 0 Å². The Hall–Kier alpha value is -2.30. The van der Waals surface area contributed by atoms with Gasteiger partial charge in [-0.3, -0.25) is 4.79 Å². The second-order valence-corrected chi connectivity index (χ2v) is 6.89. The van der Waals surface area contributed by atoms with Crippen LogP contribution in [0.2, 0.25) is 0 Å². The van der Waals surface area contributed by atoms with Crippen molar-refractivity contribution in [3.8, 4) is 5.75 Å². The second-order valence-electron chi connectivity index (χ2n) is 6.89. The molecule has 1 amide bonds. The van der Waals surface area contributed by atoms with Crippen LogP contribution in [0.1, 0.15) is 32.6 Å². The average Bonchev–Trinajstić information content (AvgIpc) is 3.21. The maximum atomic E-state index is 12.6. The molecule has 2 aliphatic rings. The highest BCUT2D eigenvalue weighted by Gasteiger charge is 2.48. The van der Waals surface area contributed by atoms with Gasteiger partial charge >= 0.3 is 0 Å². The summed E-state index contributed by atoms with van der Waals surface area (Å²) in [5.41, 5.74) is 0.648. The Morgan fingerprint density at radius 2 is 1.80 bits per heavy atom. The van der Waals surface area contributed by atoms with Crippen LogP contribution in [0.5, 0.6) is 5.75 Å². The Kier molecular flexibility index (Phi) is 5.41. The lowest BCUT2D eigenvalue weighted by Crippen LogP contribution is -2.42. The van der Waals surface area contributed by atoms with Crippen LogP contribution in [0.15, 0.2) is 36.4 Å². The SMILES string of the molecule is CCCCCOc1ccc(NC(=O)[C@@H]2[C@@H](C(=O)[O-])[C@H]3C=C[C@H]2C3)cc1. The lowest BCUT2D eigenvalue weighted by Gasteiger charge is -2.27. The van der Waals surface area contributed by atoms with E-state index in [0.717, 1.165) is 31.4 Å². The molecule has 0 saturated heterocycles. The first kappa shape index (κ1) is 17.5. The van der Waals surface area contributed by atoms with Gasteiger partial charge in [-0.15, -0.1) is 0 Å². The maximum absolute atomic E-state index is 12.6. The summed E-state index contributed by atoms with van der Waals surface area (Å²) in [7, 11) is 0. The summed E-state index contributed by atoms with van der Waals surface area (Å²) in [5, 5.41) is 14.2. The second kappa shape index (κ2) is 7.72. The fourth-order valence-electron chi connectivity index (χ4n) is 3.90. The molecule has 1 saturated carbocycles. The number of carboxylic acids is 1. The number of fused-ring (bicyclic) bond motifs is 2. The molecule has 25 heavy (non-hydrogen) atoms. The van der Waals surface area contributed by atoms with Crippen molar-refractivity contribution in [3.63, 3.8) is 0 Å². The lowest BCUT2D eigenvalue weighted by atomic mass is 9.82. The van der Waals surface area contributed by atoms with E-state index in [2.05, 4.69) is 12.2 Å². The van der Waals surface area contributed by atoms with E-state index < -0.39 is 17.8 Å². The molecule has 1 N–H and O–H groups in total. The minimum atomic E-state index is -1.13. The molecule has 4 atom stereocenters. The summed E-state index contributed by atoms with van der Waals surface area (Å²) in [6.45, 7) is 2.83. The van der Waals surface area contributed by atoms with E-state index in [1.54, 1.807) is 12.1 Å². The van der Waals surface area contributed by atoms with Crippen molar-refractivity contribution in [3.05, 3.63) is 36.4 Å². The van der Waals surface area contributed by atoms with Crippen LogP contribution in [0.25, 0.3) is 0 Å². The number of rotatable bonds is 8. The third-order valence-corrected chi connectivity index (χ3v) is 5.17. The summed E-state index contributed by atoms with van der Waals surface area (Å²) in [6.07, 6.45) is 7.91. The molecule has 3 rings (SSSR count). The van der Waals surface area contributed by atoms with Crippen molar-refractivity contribution < 1.29 is 19.4 Å². The van der Waals surface area contributed by atoms with Crippen LogP contribution in [-0.4, -0.2) is 18.5 Å². The summed E-state index contributed by atoms with van der Waals surface area (Å²) in [5.74, 6) is -1.97. The van der Waals surface area contributed by atoms with Gasteiger partial charge in [-0.05, 0) is 48.9 Å². The molecule has 5 nitrogen and oxygen atoms in total. The van der Waals surface area contributed by atoms with Gasteiger partial charge in [0.05, 0.1) is 12.5 Å². The molecule has 134 valence electrons. The van der Waals surface area contributed by atoms with Crippen molar-refractivity contribution in [1.82, 2.24) is 0 Å². The molecular formula is C20H24NO4-. The molecule has 5 heteroatoms. The summed E-state index contributed by atoms with van der Waals surface area (Å²) >= 11 is 0. The molecule has 2 aliphatic carbocycles. The average molecular weight is 342 g/mol. The van der Waals surface area contributed by atoms with Crippen molar-refractivity contribution in [1.29, 1.82) is 0 Å². The number of allylic oxidation sites excluding steroid dienone is 2. The maximum Gasteiger partial charge on any atom is 0.228 e. The Morgan fingerprint density at radius 3 is 2.44 bits per heavy atom. The molecule has 0 radical (unpaired) electrons. The summed E-state index contributed by atoms with van der Waals surface area (Å²) in [6, 6.07) is 7.20. The van der Waals surface area contributed by atoms with Gasteiger partial charge in [0.1, 0.15) is 5.75 Å². The molecule has 0 aliphatic heterocycles. The lowest BCUT2D eigenvalue weighted by molar-refractivity contribution is -0.313. The fraction of sp³-hybridized carbons (Fsp3) is 0.500. The topological polar surface area (TPSA) is 78.5 Å². The number of nitrogens with one attached hydrogen (secondary N) is 1. The molecule has 2 bridgehead atoms. The number of ether oxygens (including phenoxy) is 1. The van der Waals surface area contributed by atoms with E-state index >= 15 is 0 Å². The van der Waals surface area contributed by atoms with Crippen molar-refractivity contribution in [2.45, 2.75) is 32.6 Å². The minimum Gasteiger partial charge on any atom is -0.550 e. The number of carbonyl (C=O) groups excluding carboxylic acids is 2. The highest BCUT2D eigenvalue weighted by atomic mass is 16.5. The van der Waals surface area contributed by atoms with Gasteiger partial charge in [0.25, 0.3) is 0 Å². The monoisotopic (exact) mass is 342 g/mol. The van der Waals surface area contributed by atoms with Gasteiger partial charge in [0, 0.05) is 17.6 Å². The zero-order valence-electron chi connectivity index (χ0n) is 14.4. The third-order valence-electron chi connectivity index (χ3n) is 5.17. The number of hydrogen-bond acceptors (Lipinski definition) is 4. The summed E-state index contributed by atoms with van der Waals surface area (Å²) < 4.78 is 5.65. The quantitative estimate of drug-likeness (QED) is 0.581. The molecule has 0 aromatic heterocycles. The Balaban J connectivity index is 1.58. The van der Waals surface area contributed by atoms with Gasteiger partial charge in [-0.25, -0.2) is 0 Å². The Labute approximate surface area is 148 Å². The van der Waals surface area contributed by atoms with Gasteiger partial charge in [-0.1, -0.05) is 31.9 Å². The number of hydrogen-bond donors (Lipinski definition) is 1. The van der Waals surface area contributed by atoms with E-state index in [1.807, 2.05) is 24.3 Å². The molecule has 1 fully saturated rings. The normalized spacial score (nSPS) is 26.6. The Morgan fingerprint density at radius 1 is 1.12 bits per heavy atom. The van der Waals surface area contributed by atoms with Crippen molar-refractivity contribution in [2.75, 3.05) is 11.9 Å². The first-order chi connectivity index (χ1) is 12.1. The smallest absolute Gasteiger partial charge is 0.228 e. The van der Waals surface area contributed by atoms with E-state index in [9.17, 15) is 14.7 Å². The first-order valence-electron chi connectivity index (χ1n) is 9.03. The van der Waals surface area contributed by atoms with Crippen LogP contribution in [-0.2, 0) is 9.59 Å². The molecule has 0 spiro atoms. The number of unbranched alkanes of at least 4 members (excludes halogenated alkanes) is 2. The van der Waals surface area contributed by atoms with E-state index in [1.165, 1.54) is 0 Å². The van der Waals surface area contributed by atoms with Crippen molar-refractivity contribution in [2.24, 2.45) is 23.7 Å². The number of benzene rings is 1. The fourth-order valence-corrected chi connectivity index (χ4v) is 3.90. The van der Waals surface area contributed by atoms with Gasteiger partial charge in [0.2, 0.25) is 5.91 Å². The van der Waals surface area contributed by atoms with Gasteiger partial charge in [0.15, 0.2) is 0 Å². The summed E-state index contributed by atoms with van der Waals surface area (Å²) in [4.78, 5) is 24.0. The number of anilines is 1. The molecular weight excluding hydrogens is 318 g/mol. The van der Waals surface area contributed by atoms with Gasteiger partial charge < -0.3 is 20.0 Å². The zero-order valence-corrected chi connectivity index (χ0v) is 14.4.